The van der Waals surface area contributed by atoms with Gasteiger partial charge in [-0.3, -0.25) is 14.5 Å². The van der Waals surface area contributed by atoms with Crippen LogP contribution in [-0.2, 0) is 31.5 Å². The highest BCUT2D eigenvalue weighted by atomic mass is 16.2. The van der Waals surface area contributed by atoms with Crippen molar-refractivity contribution in [3.63, 3.8) is 0 Å². The number of amides is 1. The maximum absolute atomic E-state index is 12.4. The number of nitrogens with zero attached hydrogens (tertiary/aromatic N) is 5. The number of carbonyl (C=O) groups excluding carboxylic acids is 1. The van der Waals surface area contributed by atoms with Crippen molar-refractivity contribution in [2.45, 2.75) is 32.5 Å². The molecule has 2 N–H and O–H groups in total. The summed E-state index contributed by atoms with van der Waals surface area (Å²) in [5.41, 5.74) is 2.51. The number of hydrogen-bond acceptors (Lipinski definition) is 4. The molecule has 0 aliphatic carbocycles. The minimum Gasteiger partial charge on any atom is -0.356 e. The predicted molar refractivity (Wildman–Crippen MR) is 99.1 cm³/mol. The van der Waals surface area contributed by atoms with Crippen LogP contribution >= 0.6 is 0 Å². The third-order valence-electron chi connectivity index (χ3n) is 4.50. The van der Waals surface area contributed by atoms with Crippen molar-refractivity contribution in [2.75, 3.05) is 13.6 Å². The molecule has 0 saturated carbocycles. The zero-order valence-corrected chi connectivity index (χ0v) is 15.3. The Morgan fingerprint density at radius 3 is 2.58 bits per heavy atom. The Hall–Kier alpha value is -2.90. The molecule has 8 nitrogen and oxygen atoms in total. The van der Waals surface area contributed by atoms with Crippen LogP contribution in [-0.4, -0.2) is 45.1 Å². The van der Waals surface area contributed by atoms with Gasteiger partial charge in [-0.2, -0.15) is 5.10 Å². The quantitative estimate of drug-likeness (QED) is 0.455. The topological polar surface area (TPSA) is 87.4 Å². The van der Waals surface area contributed by atoms with Crippen molar-refractivity contribution in [1.29, 1.82) is 0 Å². The Morgan fingerprint density at radius 2 is 1.96 bits per heavy atom. The van der Waals surface area contributed by atoms with Gasteiger partial charge in [0, 0.05) is 40.2 Å². The van der Waals surface area contributed by atoms with Gasteiger partial charge in [0.2, 0.25) is 5.91 Å². The van der Waals surface area contributed by atoms with Crippen molar-refractivity contribution in [3.05, 3.63) is 47.5 Å². The molecule has 2 aromatic rings. The van der Waals surface area contributed by atoms with E-state index in [0.29, 0.717) is 25.5 Å². The number of nitrogens with one attached hydrogen (secondary N) is 2. The fourth-order valence-corrected chi connectivity index (χ4v) is 2.98. The van der Waals surface area contributed by atoms with Crippen LogP contribution in [0.5, 0.6) is 0 Å². The summed E-state index contributed by atoms with van der Waals surface area (Å²) in [5, 5.41) is 10.4. The second kappa shape index (κ2) is 8.46. The fraction of sp³-hybridized carbons (Fsp3) is 0.444. The lowest BCUT2D eigenvalue weighted by Crippen LogP contribution is -2.38. The first-order valence-electron chi connectivity index (χ1n) is 8.79. The van der Waals surface area contributed by atoms with Crippen LogP contribution < -0.4 is 10.6 Å². The molecule has 0 radical (unpaired) electrons. The number of carbonyl (C=O) groups is 1. The molecule has 1 aromatic heterocycles. The lowest BCUT2D eigenvalue weighted by Gasteiger charge is -2.16. The third kappa shape index (κ3) is 4.38. The number of rotatable bonds is 6. The first-order chi connectivity index (χ1) is 12.7. The van der Waals surface area contributed by atoms with Crippen LogP contribution in [0.4, 0.5) is 0 Å². The average Bonchev–Trinajstić information content (AvgIpc) is 3.27. The van der Waals surface area contributed by atoms with Crippen molar-refractivity contribution in [3.8, 4) is 0 Å². The standard InChI is InChI=1S/C18H25N7O/c1-19-18(21-10-16-22-13-23-24(16)2)20-9-5-8-17(26)25-11-14-6-3-4-7-15(14)12-25/h3-4,6-7,13H,5,8-12H2,1-2H3,(H2,19,20,21). The second-order valence-electron chi connectivity index (χ2n) is 6.27. The lowest BCUT2D eigenvalue weighted by molar-refractivity contribution is -0.131. The summed E-state index contributed by atoms with van der Waals surface area (Å²) in [4.78, 5) is 22.6. The van der Waals surface area contributed by atoms with E-state index in [9.17, 15) is 4.79 Å². The molecule has 1 aliphatic heterocycles. The average molecular weight is 355 g/mol. The zero-order chi connectivity index (χ0) is 18.4. The Labute approximate surface area is 153 Å². The molecule has 2 heterocycles. The molecule has 0 saturated heterocycles. The van der Waals surface area contributed by atoms with E-state index in [1.165, 1.54) is 17.5 Å². The van der Waals surface area contributed by atoms with Crippen LogP contribution in [0.2, 0.25) is 0 Å². The molecule has 0 atom stereocenters. The van der Waals surface area contributed by atoms with E-state index in [2.05, 4.69) is 37.8 Å². The van der Waals surface area contributed by atoms with Gasteiger partial charge in [0.05, 0.1) is 6.54 Å². The van der Waals surface area contributed by atoms with Crippen LogP contribution in [0.25, 0.3) is 0 Å². The van der Waals surface area contributed by atoms with Crippen LogP contribution in [0, 0.1) is 0 Å². The Kier molecular flexibility index (Phi) is 5.83. The number of benzene rings is 1. The van der Waals surface area contributed by atoms with Crippen molar-refractivity contribution < 1.29 is 4.79 Å². The van der Waals surface area contributed by atoms with Gasteiger partial charge >= 0.3 is 0 Å². The monoisotopic (exact) mass is 355 g/mol. The molecular formula is C18H25N7O. The summed E-state index contributed by atoms with van der Waals surface area (Å²) in [6, 6.07) is 8.24. The molecule has 0 unspecified atom stereocenters. The highest BCUT2D eigenvalue weighted by Crippen LogP contribution is 2.22. The zero-order valence-electron chi connectivity index (χ0n) is 15.3. The maximum atomic E-state index is 12.4. The van der Waals surface area contributed by atoms with Crippen LogP contribution in [0.15, 0.2) is 35.6 Å². The van der Waals surface area contributed by atoms with E-state index in [4.69, 9.17) is 0 Å². The number of guanidine groups is 1. The highest BCUT2D eigenvalue weighted by molar-refractivity contribution is 5.80. The van der Waals surface area contributed by atoms with Gasteiger partial charge in [0.1, 0.15) is 12.2 Å². The first kappa shape index (κ1) is 17.9. The summed E-state index contributed by atoms with van der Waals surface area (Å²) in [6.45, 7) is 2.68. The van der Waals surface area contributed by atoms with Crippen molar-refractivity contribution >= 4 is 11.9 Å². The van der Waals surface area contributed by atoms with Gasteiger partial charge in [0.15, 0.2) is 5.96 Å². The van der Waals surface area contributed by atoms with Gasteiger partial charge < -0.3 is 15.5 Å². The molecule has 1 aromatic carbocycles. The summed E-state index contributed by atoms with van der Waals surface area (Å²) >= 11 is 0. The van der Waals surface area contributed by atoms with E-state index in [-0.39, 0.29) is 5.91 Å². The Morgan fingerprint density at radius 1 is 1.23 bits per heavy atom. The van der Waals surface area contributed by atoms with Crippen molar-refractivity contribution in [2.24, 2.45) is 12.0 Å². The molecular weight excluding hydrogens is 330 g/mol. The summed E-state index contributed by atoms with van der Waals surface area (Å²) in [7, 11) is 3.57. The van der Waals surface area contributed by atoms with E-state index < -0.39 is 0 Å². The largest absolute Gasteiger partial charge is 0.356 e. The first-order valence-corrected chi connectivity index (χ1v) is 8.79. The van der Waals surface area contributed by atoms with Gasteiger partial charge in [-0.25, -0.2) is 4.98 Å². The van der Waals surface area contributed by atoms with Gasteiger partial charge in [-0.05, 0) is 17.5 Å². The molecule has 26 heavy (non-hydrogen) atoms. The predicted octanol–water partition coefficient (Wildman–Crippen LogP) is 0.803. The molecule has 0 fully saturated rings. The number of aryl methyl sites for hydroxylation is 1. The van der Waals surface area contributed by atoms with E-state index in [1.807, 2.05) is 24.1 Å². The SMILES string of the molecule is CN=C(NCCCC(=O)N1Cc2ccccc2C1)NCc1ncnn1C. The third-order valence-corrected chi connectivity index (χ3v) is 4.50. The molecule has 3 rings (SSSR count). The molecule has 0 bridgehead atoms. The van der Waals surface area contributed by atoms with Crippen LogP contribution in [0.3, 0.4) is 0 Å². The van der Waals surface area contributed by atoms with Gasteiger partial charge in [0.25, 0.3) is 0 Å². The Bertz CT molecular complexity index is 758. The maximum Gasteiger partial charge on any atom is 0.223 e. The molecule has 8 heteroatoms. The van der Waals surface area contributed by atoms with Gasteiger partial charge in [-0.1, -0.05) is 24.3 Å². The molecule has 0 spiro atoms. The highest BCUT2D eigenvalue weighted by Gasteiger charge is 2.22. The number of fused-ring (bicyclic) bond motifs is 1. The van der Waals surface area contributed by atoms with Crippen molar-refractivity contribution in [1.82, 2.24) is 30.3 Å². The minimum atomic E-state index is 0.199. The minimum absolute atomic E-state index is 0.199. The number of aliphatic imine (C=N–C) groups is 1. The second-order valence-corrected chi connectivity index (χ2v) is 6.27. The molecule has 1 aliphatic rings. The van der Waals surface area contributed by atoms with Crippen LogP contribution in [0.1, 0.15) is 29.8 Å². The summed E-state index contributed by atoms with van der Waals surface area (Å²) in [6.07, 6.45) is 2.81. The number of aromatic nitrogens is 3. The lowest BCUT2D eigenvalue weighted by atomic mass is 10.1. The summed E-state index contributed by atoms with van der Waals surface area (Å²) < 4.78 is 1.72. The smallest absolute Gasteiger partial charge is 0.223 e. The number of hydrogen-bond donors (Lipinski definition) is 2. The molecule has 138 valence electrons. The summed E-state index contributed by atoms with van der Waals surface area (Å²) in [5.74, 6) is 1.72. The van der Waals surface area contributed by atoms with E-state index in [1.54, 1.807) is 11.7 Å². The normalized spacial score (nSPS) is 13.6. The van der Waals surface area contributed by atoms with E-state index >= 15 is 0 Å². The van der Waals surface area contributed by atoms with Gasteiger partial charge in [-0.15, -0.1) is 0 Å². The fourth-order valence-electron chi connectivity index (χ4n) is 2.98. The Balaban J connectivity index is 1.35. The molecule has 1 amide bonds. The van der Waals surface area contributed by atoms with E-state index in [0.717, 1.165) is 25.3 Å².